The highest BCUT2D eigenvalue weighted by atomic mass is 35.5. The number of pyridine rings is 2. The number of hydrogen-bond donors (Lipinski definition) is 6. The van der Waals surface area contributed by atoms with Crippen LogP contribution in [0.5, 0.6) is 0 Å². The second kappa shape index (κ2) is 28.0. The number of nitrogens with zero attached hydrogens (tertiary/aromatic N) is 17. The number of aromatic nitrogens is 20. The number of halogens is 16. The Morgan fingerprint density at radius 3 is 1.23 bits per heavy atom. The van der Waals surface area contributed by atoms with Gasteiger partial charge in [-0.25, -0.2) is 58.4 Å². The lowest BCUT2D eigenvalue weighted by molar-refractivity contribution is -0.284. The van der Waals surface area contributed by atoms with Gasteiger partial charge in [-0.1, -0.05) is 35.7 Å². The second-order valence-corrected chi connectivity index (χ2v) is 27.1. The van der Waals surface area contributed by atoms with Crippen molar-refractivity contribution in [3.05, 3.63) is 195 Å². The summed E-state index contributed by atoms with van der Waals surface area (Å²) in [5.74, 6) is -14.6. The first-order valence-electron chi connectivity index (χ1n) is 33.3. The summed E-state index contributed by atoms with van der Waals surface area (Å²) in [6.07, 6.45) is -10.0. The zero-order chi connectivity index (χ0) is 82.7. The van der Waals surface area contributed by atoms with Gasteiger partial charge in [-0.15, -0.1) is 6.42 Å². The first-order chi connectivity index (χ1) is 53.3. The highest BCUT2D eigenvalue weighted by molar-refractivity contribution is 6.31. The van der Waals surface area contributed by atoms with Gasteiger partial charge >= 0.3 is 36.3 Å². The Kier molecular flexibility index (Phi) is 19.5. The summed E-state index contributed by atoms with van der Waals surface area (Å²) in [5.41, 5.74) is -4.33. The van der Waals surface area contributed by atoms with Crippen LogP contribution in [0.15, 0.2) is 100 Å². The molecule has 3 aliphatic rings. The average Bonchev–Trinajstić information content (AvgIpc) is 1.57. The van der Waals surface area contributed by atoms with E-state index in [1.165, 1.54) is 51.6 Å². The summed E-state index contributed by atoms with van der Waals surface area (Å²) in [6, 6.07) is 11.4. The lowest BCUT2D eigenvalue weighted by Crippen LogP contribution is -2.37. The Morgan fingerprint density at radius 1 is 0.465 bits per heavy atom. The first-order valence-corrected chi connectivity index (χ1v) is 33.6. The van der Waals surface area contributed by atoms with E-state index in [9.17, 15) is 94.6 Å². The number of nitrogens with one attached hydrogen (secondary N) is 6. The SMILES string of the molecule is C#Cc1ccc(C2(C)C(=O)Nc3nc(-c4cn5ncnc5c(CCC(F)(F)C(F)(F)F)n4)[nH]c(=O)c32)nc1.Cc1ccc(C2(C)C(=O)Nc3nc(-c4cn5ncnc5c(CCC(F)(F)C(F)(F)F)n4)[nH]c(=O)c32)nc1.Cc1nc2c(CCC(F)(F)C(F)(F)F)nc(-c3nc4c(c(=O)[nH]3)C(C)(c3ccc(Cl)c(C)c3)C(=O)N4)cn2n1. The number of rotatable bonds is 15. The molecule has 590 valence electrons. The molecular formula is C69H51ClF15N23O6. The van der Waals surface area contributed by atoms with E-state index in [4.69, 9.17) is 18.0 Å². The van der Waals surface area contributed by atoms with E-state index in [-0.39, 0.29) is 114 Å². The number of benzene rings is 1. The number of aryl methyl sites for hydroxylation is 6. The van der Waals surface area contributed by atoms with E-state index in [0.717, 1.165) is 31.8 Å². The molecule has 12 aromatic rings. The van der Waals surface area contributed by atoms with E-state index in [0.29, 0.717) is 27.4 Å². The van der Waals surface area contributed by atoms with Gasteiger partial charge in [-0.3, -0.25) is 38.7 Å². The van der Waals surface area contributed by atoms with E-state index >= 15 is 0 Å². The van der Waals surface area contributed by atoms with Gasteiger partial charge in [0.25, 0.3) is 16.7 Å². The van der Waals surface area contributed by atoms with Gasteiger partial charge in [0.2, 0.25) is 17.7 Å². The zero-order valence-corrected chi connectivity index (χ0v) is 59.8. The van der Waals surface area contributed by atoms with Crippen LogP contribution in [0.3, 0.4) is 0 Å². The molecule has 14 heterocycles. The van der Waals surface area contributed by atoms with Gasteiger partial charge in [0.15, 0.2) is 34.4 Å². The Hall–Kier alpha value is -13.0. The van der Waals surface area contributed by atoms with Crippen LogP contribution in [0.2, 0.25) is 5.02 Å². The number of carbonyl (C=O) groups is 3. The molecule has 0 bridgehead atoms. The smallest absolute Gasteiger partial charge is 0.309 e. The monoisotopic (exact) mass is 1620 g/mol. The summed E-state index contributed by atoms with van der Waals surface area (Å²) in [4.78, 5) is 132. The maximum absolute atomic E-state index is 13.6. The van der Waals surface area contributed by atoms with E-state index < -0.39 is 125 Å². The average molecular weight is 1620 g/mol. The van der Waals surface area contributed by atoms with Crippen molar-refractivity contribution in [1.82, 2.24) is 98.6 Å². The minimum Gasteiger partial charge on any atom is -0.309 e. The van der Waals surface area contributed by atoms with Crippen LogP contribution < -0.4 is 32.6 Å². The third-order valence-electron chi connectivity index (χ3n) is 19.1. The van der Waals surface area contributed by atoms with Gasteiger partial charge in [0, 0.05) is 42.2 Å². The van der Waals surface area contributed by atoms with Crippen LogP contribution in [-0.4, -0.2) is 153 Å². The summed E-state index contributed by atoms with van der Waals surface area (Å²) in [7, 11) is 0. The standard InChI is InChI=1S/C24H19ClF5N7O2.C23H15F5N8O2.C22H17F5N8O2/c1-10-8-12(4-5-13(10)25)22(3)16-18(35-21(22)39)33-17(34-20(16)38)15-9-37-19(31-11(2)36-37)14(32-15)6-7-23(26,27)24(28,29)30;1-3-11-4-5-14(29-8-11)21(2)15-17(35-20(21)38)33-16(34-19(15)37)13-9-36-18(30-10-31-36)12(32-13)6-7-22(24,25)23(26,27)28;1-10-3-4-13(28-7-10)20(2)14-16(34-19(20)37)32-15(33-18(14)36)12-8-35-17(29-9-30-35)11(31-12)5-6-21(23,24)22(25,26)27/h4-5,8-9H,6-7H2,1-3H3,(H2,33,34,35,38,39);1,4-5,8-10H,6-7H2,2H3,(H2,33,34,35,37,38);3-4,7-9H,5-6H2,1-2H3,(H2,32,33,34,36,37). The lowest BCUT2D eigenvalue weighted by Gasteiger charge is -2.22. The second-order valence-electron chi connectivity index (χ2n) is 26.7. The van der Waals surface area contributed by atoms with E-state index in [1.807, 2.05) is 6.92 Å². The summed E-state index contributed by atoms with van der Waals surface area (Å²) >= 11 is 6.12. The van der Waals surface area contributed by atoms with Crippen molar-refractivity contribution >= 4 is 63.7 Å². The lowest BCUT2D eigenvalue weighted by atomic mass is 9.77. The Morgan fingerprint density at radius 2 is 0.851 bits per heavy atom. The molecule has 29 nitrogen and oxygen atoms in total. The highest BCUT2D eigenvalue weighted by Crippen LogP contribution is 2.46. The maximum atomic E-state index is 13.6. The number of anilines is 3. The number of hydrogen-bond acceptors (Lipinski definition) is 20. The van der Waals surface area contributed by atoms with Crippen LogP contribution >= 0.6 is 11.6 Å². The molecule has 1 aromatic carbocycles. The van der Waals surface area contributed by atoms with Crippen LogP contribution in [0.25, 0.3) is 51.5 Å². The molecule has 6 N–H and O–H groups in total. The Labute approximate surface area is 631 Å². The number of carbonyl (C=O) groups excluding carboxylic acids is 3. The Bertz CT molecular complexity index is 6170. The molecule has 0 saturated carbocycles. The van der Waals surface area contributed by atoms with Crippen molar-refractivity contribution in [3.8, 4) is 46.9 Å². The molecular weight excluding hydrogens is 1570 g/mol. The van der Waals surface area contributed by atoms with Crippen LogP contribution in [0.4, 0.5) is 83.3 Å². The number of aromatic amines is 3. The molecule has 3 amide bonds. The molecule has 0 fully saturated rings. The largest absolute Gasteiger partial charge is 0.453 e. The van der Waals surface area contributed by atoms with Crippen molar-refractivity contribution in [2.24, 2.45) is 0 Å². The quantitative estimate of drug-likeness (QED) is 0.0410. The summed E-state index contributed by atoms with van der Waals surface area (Å²) in [5, 5.41) is 20.1. The van der Waals surface area contributed by atoms with Gasteiger partial charge in [0.05, 0.1) is 63.8 Å². The molecule has 0 saturated heterocycles. The molecule has 0 aliphatic carbocycles. The van der Waals surface area contributed by atoms with E-state index in [1.54, 1.807) is 56.4 Å². The van der Waals surface area contributed by atoms with Gasteiger partial charge in [-0.05, 0) is 102 Å². The van der Waals surface area contributed by atoms with Crippen molar-refractivity contribution in [3.63, 3.8) is 0 Å². The first kappa shape index (κ1) is 79.1. The number of H-pyrrole nitrogens is 3. The summed E-state index contributed by atoms with van der Waals surface area (Å²) in [6.45, 7) is 9.66. The molecule has 15 rings (SSSR count). The number of amides is 3. The predicted molar refractivity (Wildman–Crippen MR) is 369 cm³/mol. The minimum atomic E-state index is -5.73. The van der Waals surface area contributed by atoms with Crippen molar-refractivity contribution in [1.29, 1.82) is 0 Å². The van der Waals surface area contributed by atoms with Crippen molar-refractivity contribution in [2.75, 3.05) is 16.0 Å². The number of alkyl halides is 15. The fourth-order valence-electron chi connectivity index (χ4n) is 12.7. The summed E-state index contributed by atoms with van der Waals surface area (Å²) < 4.78 is 199. The fraction of sp³-hybridized carbons (Fsp3) is 0.304. The highest BCUT2D eigenvalue weighted by Gasteiger charge is 2.59. The third kappa shape index (κ3) is 14.0. The normalized spacial score (nSPS) is 17.5. The molecule has 0 spiro atoms. The molecule has 11 aromatic heterocycles. The predicted octanol–water partition coefficient (Wildman–Crippen LogP) is 10.1. The third-order valence-corrected chi connectivity index (χ3v) is 19.5. The van der Waals surface area contributed by atoms with Crippen molar-refractivity contribution < 1.29 is 80.2 Å². The van der Waals surface area contributed by atoms with Crippen molar-refractivity contribution in [2.45, 2.75) is 133 Å². The van der Waals surface area contributed by atoms with Gasteiger partial charge in [0.1, 0.15) is 69.3 Å². The molecule has 3 unspecified atom stereocenters. The number of fused-ring (bicyclic) bond motifs is 6. The topological polar surface area (TPSA) is 380 Å². The zero-order valence-electron chi connectivity index (χ0n) is 59.0. The fourth-order valence-corrected chi connectivity index (χ4v) is 12.8. The molecule has 3 aliphatic heterocycles. The molecule has 114 heavy (non-hydrogen) atoms. The van der Waals surface area contributed by atoms with E-state index in [2.05, 4.69) is 107 Å². The van der Waals surface area contributed by atoms with Crippen LogP contribution in [-0.2, 0) is 49.9 Å². The molecule has 45 heteroatoms. The minimum absolute atomic E-state index is 0.0169. The van der Waals surface area contributed by atoms with Crippen LogP contribution in [0, 0.1) is 33.1 Å². The Balaban J connectivity index is 0.000000149. The van der Waals surface area contributed by atoms with Crippen LogP contribution in [0.1, 0.15) is 113 Å². The van der Waals surface area contributed by atoms with Gasteiger partial charge in [-0.2, -0.15) is 81.2 Å². The number of terminal acetylenes is 1. The molecule has 0 radical (unpaired) electrons. The van der Waals surface area contributed by atoms with Gasteiger partial charge < -0.3 is 30.9 Å². The molecule has 3 atom stereocenters. The maximum Gasteiger partial charge on any atom is 0.453 e.